The number of nitrogens with two attached hydrogens (primary N) is 1. The van der Waals surface area contributed by atoms with Gasteiger partial charge in [0.25, 0.3) is 5.91 Å². The van der Waals surface area contributed by atoms with Crippen molar-refractivity contribution in [1.82, 2.24) is 5.32 Å². The number of carbonyl (C=O) groups excluding carboxylic acids is 2. The Labute approximate surface area is 129 Å². The Balaban J connectivity index is 1.77. The fraction of sp³-hybridized carbons (Fsp3) is 0.471. The van der Waals surface area contributed by atoms with Crippen molar-refractivity contribution in [2.75, 3.05) is 4.90 Å². The average Bonchev–Trinajstić information content (AvgIpc) is 3.37. The molecule has 2 fully saturated rings. The maximum atomic E-state index is 12.2. The predicted octanol–water partition coefficient (Wildman–Crippen LogP) is 2.22. The molecule has 1 heterocycles. The molecule has 4 rings (SSSR count). The zero-order valence-electron chi connectivity index (χ0n) is 12.3. The number of carbonyl (C=O) groups is 2. The molecule has 5 heteroatoms. The maximum Gasteiger partial charge on any atom is 0.326 e. The van der Waals surface area contributed by atoms with Gasteiger partial charge in [0.2, 0.25) is 0 Å². The van der Waals surface area contributed by atoms with Crippen molar-refractivity contribution in [1.29, 1.82) is 0 Å². The molecule has 3 aliphatic rings. The molecular formula is C17H19N3O2. The zero-order valence-corrected chi connectivity index (χ0v) is 12.3. The lowest BCUT2D eigenvalue weighted by Crippen LogP contribution is -2.41. The molecule has 2 aliphatic carbocycles. The smallest absolute Gasteiger partial charge is 0.326 e. The third-order valence-corrected chi connectivity index (χ3v) is 4.99. The van der Waals surface area contributed by atoms with E-state index < -0.39 is 11.9 Å². The highest BCUT2D eigenvalue weighted by Crippen LogP contribution is 2.55. The average molecular weight is 297 g/mol. The molecule has 1 aromatic carbocycles. The van der Waals surface area contributed by atoms with Gasteiger partial charge in [-0.1, -0.05) is 18.2 Å². The van der Waals surface area contributed by atoms with E-state index in [1.165, 1.54) is 25.7 Å². The summed E-state index contributed by atoms with van der Waals surface area (Å²) in [5.74, 6) is 1.42. The molecule has 22 heavy (non-hydrogen) atoms. The highest BCUT2D eigenvalue weighted by atomic mass is 16.2. The summed E-state index contributed by atoms with van der Waals surface area (Å²) in [6.07, 6.45) is 5.04. The Kier molecular flexibility index (Phi) is 3.18. The first kappa shape index (κ1) is 13.8. The molecule has 3 amide bonds. The highest BCUT2D eigenvalue weighted by molar-refractivity contribution is 6.17. The predicted molar refractivity (Wildman–Crippen MR) is 81.6 cm³/mol. The number of hydrogen-bond acceptors (Lipinski definition) is 3. The molecule has 0 aromatic heterocycles. The molecule has 0 saturated heterocycles. The molecular weight excluding hydrogens is 278 g/mol. The summed E-state index contributed by atoms with van der Waals surface area (Å²) < 4.78 is 0. The lowest BCUT2D eigenvalue weighted by Gasteiger charge is -2.28. The van der Waals surface area contributed by atoms with Crippen molar-refractivity contribution in [2.45, 2.75) is 31.7 Å². The standard InChI is InChI=1S/C17H19N3O2/c18-17(22)20-13-4-2-1-3-12(13)16(19-9-14(20)21)15(10-5-6-10)11-7-8-11/h1-4,10-11,15-16,19H,5-8H2,(H2,18,22). The van der Waals surface area contributed by atoms with Gasteiger partial charge in [0.1, 0.15) is 0 Å². The van der Waals surface area contributed by atoms with E-state index in [0.717, 1.165) is 22.3 Å². The molecule has 0 spiro atoms. The van der Waals surface area contributed by atoms with Crippen LogP contribution in [0.2, 0.25) is 0 Å². The Morgan fingerprint density at radius 3 is 2.45 bits per heavy atom. The molecule has 1 unspecified atom stereocenters. The van der Waals surface area contributed by atoms with E-state index in [9.17, 15) is 9.59 Å². The van der Waals surface area contributed by atoms with Crippen LogP contribution < -0.4 is 16.0 Å². The van der Waals surface area contributed by atoms with Crippen molar-refractivity contribution < 1.29 is 9.59 Å². The minimum atomic E-state index is -0.762. The minimum Gasteiger partial charge on any atom is -0.351 e. The number of para-hydroxylation sites is 1. The second-order valence-electron chi connectivity index (χ2n) is 6.54. The van der Waals surface area contributed by atoms with Crippen LogP contribution in [0.5, 0.6) is 0 Å². The molecule has 0 bridgehead atoms. The van der Waals surface area contributed by atoms with E-state index in [-0.39, 0.29) is 6.04 Å². The normalized spacial score (nSPS) is 25.0. The fourth-order valence-corrected chi connectivity index (χ4v) is 3.75. The van der Waals surface area contributed by atoms with Gasteiger partial charge in [-0.05, 0) is 55.1 Å². The highest BCUT2D eigenvalue weighted by Gasteiger charge is 2.47. The summed E-state index contributed by atoms with van der Waals surface area (Å²) in [6.45, 7) is 2.65. The maximum absolute atomic E-state index is 12.2. The lowest BCUT2D eigenvalue weighted by atomic mass is 9.84. The number of primary amides is 1. The van der Waals surface area contributed by atoms with Crippen LogP contribution in [0.3, 0.4) is 0 Å². The summed E-state index contributed by atoms with van der Waals surface area (Å²) >= 11 is 0. The Bertz CT molecular complexity index is 610. The van der Waals surface area contributed by atoms with Gasteiger partial charge in [-0.3, -0.25) is 10.1 Å². The first-order valence-corrected chi connectivity index (χ1v) is 7.91. The molecule has 3 N–H and O–H groups in total. The number of amides is 3. The number of nitrogens with one attached hydrogen (secondary N) is 1. The number of fused-ring (bicyclic) bond motifs is 1. The summed E-state index contributed by atoms with van der Waals surface area (Å²) in [4.78, 5) is 24.9. The topological polar surface area (TPSA) is 75.4 Å². The lowest BCUT2D eigenvalue weighted by molar-refractivity contribution is -0.115. The van der Waals surface area contributed by atoms with E-state index in [1.807, 2.05) is 18.2 Å². The first-order valence-electron chi connectivity index (χ1n) is 7.91. The van der Waals surface area contributed by atoms with Crippen LogP contribution in [0.1, 0.15) is 37.3 Å². The van der Waals surface area contributed by atoms with Gasteiger partial charge in [-0.15, -0.1) is 0 Å². The number of anilines is 1. The quantitative estimate of drug-likeness (QED) is 0.898. The Morgan fingerprint density at radius 1 is 1.23 bits per heavy atom. The van der Waals surface area contributed by atoms with E-state index in [1.54, 1.807) is 6.07 Å². The number of rotatable bonds is 3. The van der Waals surface area contributed by atoms with Gasteiger partial charge in [0, 0.05) is 6.04 Å². The largest absolute Gasteiger partial charge is 0.351 e. The van der Waals surface area contributed by atoms with Crippen LogP contribution >= 0.6 is 0 Å². The zero-order chi connectivity index (χ0) is 15.3. The van der Waals surface area contributed by atoms with Gasteiger partial charge in [-0.2, -0.15) is 0 Å². The van der Waals surface area contributed by atoms with Crippen molar-refractivity contribution in [3.05, 3.63) is 36.4 Å². The van der Waals surface area contributed by atoms with Crippen LogP contribution in [-0.2, 0) is 4.79 Å². The summed E-state index contributed by atoms with van der Waals surface area (Å²) in [7, 11) is 0. The number of urea groups is 1. The van der Waals surface area contributed by atoms with Crippen LogP contribution in [-0.4, -0.2) is 11.9 Å². The fourth-order valence-electron chi connectivity index (χ4n) is 3.75. The van der Waals surface area contributed by atoms with Crippen LogP contribution in [0.25, 0.3) is 0 Å². The third-order valence-electron chi connectivity index (χ3n) is 4.99. The molecule has 1 aromatic rings. The van der Waals surface area contributed by atoms with Gasteiger partial charge in [-0.25, -0.2) is 9.69 Å². The number of benzene rings is 1. The molecule has 1 aliphatic heterocycles. The number of imide groups is 1. The Morgan fingerprint density at radius 2 is 1.86 bits per heavy atom. The number of hydrogen-bond donors (Lipinski definition) is 2. The summed E-state index contributed by atoms with van der Waals surface area (Å²) in [5, 5.41) is 3.17. The second-order valence-corrected chi connectivity index (χ2v) is 6.54. The third kappa shape index (κ3) is 2.29. The second kappa shape index (κ2) is 5.09. The summed E-state index contributed by atoms with van der Waals surface area (Å²) in [6, 6.07) is 6.82. The SMILES string of the molecule is NC(=O)N1C(=O)[C]NC(C(C2CC2)C2CC2)c2ccccc21. The monoisotopic (exact) mass is 297 g/mol. The van der Waals surface area contributed by atoms with Gasteiger partial charge < -0.3 is 5.73 Å². The van der Waals surface area contributed by atoms with Crippen molar-refractivity contribution in [3.63, 3.8) is 0 Å². The summed E-state index contributed by atoms with van der Waals surface area (Å²) in [5.41, 5.74) is 6.97. The van der Waals surface area contributed by atoms with Crippen molar-refractivity contribution >= 4 is 17.6 Å². The number of nitrogens with zero attached hydrogens (tertiary/aromatic N) is 1. The van der Waals surface area contributed by atoms with E-state index in [0.29, 0.717) is 11.6 Å². The van der Waals surface area contributed by atoms with Crippen LogP contribution in [0.15, 0.2) is 24.3 Å². The van der Waals surface area contributed by atoms with Crippen LogP contribution in [0, 0.1) is 24.3 Å². The minimum absolute atomic E-state index is 0.0319. The molecule has 2 radical (unpaired) electrons. The van der Waals surface area contributed by atoms with Crippen LogP contribution in [0.4, 0.5) is 10.5 Å². The van der Waals surface area contributed by atoms with E-state index in [4.69, 9.17) is 5.73 Å². The van der Waals surface area contributed by atoms with Gasteiger partial charge in [0.05, 0.1) is 5.69 Å². The first-order chi connectivity index (χ1) is 10.7. The Hall–Kier alpha value is -1.88. The van der Waals surface area contributed by atoms with Crippen molar-refractivity contribution in [3.8, 4) is 0 Å². The van der Waals surface area contributed by atoms with E-state index in [2.05, 4.69) is 11.9 Å². The van der Waals surface area contributed by atoms with E-state index >= 15 is 0 Å². The van der Waals surface area contributed by atoms with Crippen molar-refractivity contribution in [2.24, 2.45) is 23.5 Å². The molecule has 2 saturated carbocycles. The molecule has 114 valence electrons. The van der Waals surface area contributed by atoms with Gasteiger partial charge >= 0.3 is 6.03 Å². The van der Waals surface area contributed by atoms with Gasteiger partial charge in [0.15, 0.2) is 6.54 Å². The molecule has 5 nitrogen and oxygen atoms in total. The molecule has 1 atom stereocenters.